The number of aromatic nitrogens is 3. The number of thiophene rings is 1. The maximum absolute atomic E-state index is 13.4. The minimum Gasteiger partial charge on any atom is -0.305 e. The molecule has 0 fully saturated rings. The van der Waals surface area contributed by atoms with Gasteiger partial charge in [-0.2, -0.15) is 0 Å². The van der Waals surface area contributed by atoms with Gasteiger partial charge in [0.25, 0.3) is 0 Å². The fourth-order valence-corrected chi connectivity index (χ4v) is 4.75. The van der Waals surface area contributed by atoms with Crippen molar-refractivity contribution in [3.8, 4) is 22.5 Å². The van der Waals surface area contributed by atoms with E-state index in [0.29, 0.717) is 5.75 Å². The third kappa shape index (κ3) is 3.68. The second-order valence-corrected chi connectivity index (χ2v) is 8.26. The summed E-state index contributed by atoms with van der Waals surface area (Å²) >= 11 is 3.28. The van der Waals surface area contributed by atoms with Crippen LogP contribution < -0.4 is 0 Å². The summed E-state index contributed by atoms with van der Waals surface area (Å²) in [5.41, 5.74) is 4.42. The van der Waals surface area contributed by atoms with Gasteiger partial charge in [0.05, 0.1) is 0 Å². The van der Waals surface area contributed by atoms with Crippen LogP contribution in [0.1, 0.15) is 10.4 Å². The number of thioether (sulfide) groups is 1. The van der Waals surface area contributed by atoms with E-state index in [2.05, 4.69) is 34.6 Å². The first-order valence-electron chi connectivity index (χ1n) is 8.54. The van der Waals surface area contributed by atoms with E-state index < -0.39 is 0 Å². The zero-order chi connectivity index (χ0) is 18.8. The molecule has 0 unspecified atom stereocenters. The van der Waals surface area contributed by atoms with Gasteiger partial charge in [0.1, 0.15) is 5.82 Å². The van der Waals surface area contributed by atoms with Gasteiger partial charge in [0, 0.05) is 34.2 Å². The third-order valence-corrected chi connectivity index (χ3v) is 6.37. The Morgan fingerprint density at radius 1 is 1.07 bits per heavy atom. The minimum absolute atomic E-state index is 0.215. The van der Waals surface area contributed by atoms with Crippen LogP contribution in [-0.4, -0.2) is 14.8 Å². The zero-order valence-electron chi connectivity index (χ0n) is 15.0. The molecule has 0 saturated heterocycles. The number of nitrogens with zero attached hydrogens (tertiary/aromatic N) is 3. The van der Waals surface area contributed by atoms with Crippen LogP contribution in [0.15, 0.2) is 65.1 Å². The van der Waals surface area contributed by atoms with Crippen molar-refractivity contribution in [2.24, 2.45) is 7.05 Å². The summed E-state index contributed by atoms with van der Waals surface area (Å²) in [6.45, 7) is 2.13. The van der Waals surface area contributed by atoms with Crippen LogP contribution in [0.4, 0.5) is 4.39 Å². The molecule has 0 aliphatic carbocycles. The maximum Gasteiger partial charge on any atom is 0.191 e. The number of benzene rings is 2. The average Bonchev–Trinajstić information content (AvgIpc) is 3.23. The van der Waals surface area contributed by atoms with Crippen molar-refractivity contribution in [2.75, 3.05) is 0 Å². The molecule has 0 radical (unpaired) electrons. The first-order chi connectivity index (χ1) is 13.1. The Morgan fingerprint density at radius 2 is 1.89 bits per heavy atom. The van der Waals surface area contributed by atoms with E-state index in [1.54, 1.807) is 35.2 Å². The number of hydrogen-bond donors (Lipinski definition) is 0. The Hall–Kier alpha value is -2.44. The number of hydrogen-bond acceptors (Lipinski definition) is 4. The van der Waals surface area contributed by atoms with Crippen molar-refractivity contribution in [2.45, 2.75) is 17.8 Å². The molecule has 0 bridgehead atoms. The van der Waals surface area contributed by atoms with E-state index in [0.717, 1.165) is 22.1 Å². The summed E-state index contributed by atoms with van der Waals surface area (Å²) in [4.78, 5) is 1.26. The van der Waals surface area contributed by atoms with Gasteiger partial charge in [-0.25, -0.2) is 4.39 Å². The minimum atomic E-state index is -0.215. The Kier molecular flexibility index (Phi) is 5.09. The summed E-state index contributed by atoms with van der Waals surface area (Å²) in [5.74, 6) is 1.28. The van der Waals surface area contributed by atoms with Crippen LogP contribution in [0, 0.1) is 12.7 Å². The van der Waals surface area contributed by atoms with Crippen LogP contribution >= 0.6 is 23.1 Å². The highest BCUT2D eigenvalue weighted by molar-refractivity contribution is 7.98. The first-order valence-corrected chi connectivity index (χ1v) is 10.4. The molecule has 0 amide bonds. The fourth-order valence-electron chi connectivity index (χ4n) is 3.03. The molecule has 2 heterocycles. The highest BCUT2D eigenvalue weighted by atomic mass is 32.2. The van der Waals surface area contributed by atoms with Crippen LogP contribution in [0.2, 0.25) is 0 Å². The normalized spacial score (nSPS) is 11.1. The lowest BCUT2D eigenvalue weighted by Crippen LogP contribution is -1.96. The zero-order valence-corrected chi connectivity index (χ0v) is 16.6. The van der Waals surface area contributed by atoms with Crippen LogP contribution in [0.5, 0.6) is 0 Å². The average molecular weight is 396 g/mol. The second kappa shape index (κ2) is 7.66. The lowest BCUT2D eigenvalue weighted by Gasteiger charge is -2.07. The summed E-state index contributed by atoms with van der Waals surface area (Å²) in [6, 6.07) is 17.0. The highest BCUT2D eigenvalue weighted by Crippen LogP contribution is 2.38. The number of rotatable bonds is 5. The van der Waals surface area contributed by atoms with Crippen molar-refractivity contribution in [3.63, 3.8) is 0 Å². The van der Waals surface area contributed by atoms with Crippen LogP contribution in [-0.2, 0) is 12.8 Å². The molecule has 6 heteroatoms. The Bertz CT molecular complexity index is 1070. The Labute approximate surface area is 165 Å². The van der Waals surface area contributed by atoms with Crippen molar-refractivity contribution in [1.29, 1.82) is 0 Å². The van der Waals surface area contributed by atoms with Crippen LogP contribution in [0.25, 0.3) is 22.5 Å². The summed E-state index contributed by atoms with van der Waals surface area (Å²) < 4.78 is 15.4. The molecular weight excluding hydrogens is 377 g/mol. The van der Waals surface area contributed by atoms with Gasteiger partial charge in [-0.15, -0.1) is 21.5 Å². The number of aryl methyl sites for hydroxylation is 1. The van der Waals surface area contributed by atoms with Gasteiger partial charge in [-0.3, -0.25) is 0 Å². The molecule has 4 rings (SSSR count). The molecule has 2 aromatic carbocycles. The van der Waals surface area contributed by atoms with E-state index in [4.69, 9.17) is 0 Å². The highest BCUT2D eigenvalue weighted by Gasteiger charge is 2.18. The van der Waals surface area contributed by atoms with Gasteiger partial charge in [-0.1, -0.05) is 54.2 Å². The summed E-state index contributed by atoms with van der Waals surface area (Å²) in [6.07, 6.45) is 0. The molecule has 136 valence electrons. The lowest BCUT2D eigenvalue weighted by molar-refractivity contribution is 0.626. The Morgan fingerprint density at radius 3 is 2.67 bits per heavy atom. The quantitative estimate of drug-likeness (QED) is 0.391. The molecule has 0 spiro atoms. The standard InChI is InChI=1S/C21H18FN3S2/c1-14-19(16-8-4-3-5-9-16)18(13-26-14)20-23-24-21(25(20)2)27-12-15-7-6-10-17(22)11-15/h3-11,13H,12H2,1-2H3. The SMILES string of the molecule is Cc1scc(-c2nnc(SCc3cccc(F)c3)n2C)c1-c1ccccc1. The molecule has 27 heavy (non-hydrogen) atoms. The van der Waals surface area contributed by atoms with Gasteiger partial charge in [-0.05, 0) is 30.2 Å². The fraction of sp³-hybridized carbons (Fsp3) is 0.143. The largest absolute Gasteiger partial charge is 0.305 e. The van der Waals surface area contributed by atoms with E-state index in [1.807, 2.05) is 35.9 Å². The molecule has 2 aromatic heterocycles. The maximum atomic E-state index is 13.4. The van der Waals surface area contributed by atoms with Crippen molar-refractivity contribution >= 4 is 23.1 Å². The molecule has 0 atom stereocenters. The molecule has 0 saturated carbocycles. The molecule has 0 aliphatic rings. The topological polar surface area (TPSA) is 30.7 Å². The van der Waals surface area contributed by atoms with Crippen molar-refractivity contribution in [1.82, 2.24) is 14.8 Å². The molecule has 4 aromatic rings. The van der Waals surface area contributed by atoms with E-state index >= 15 is 0 Å². The summed E-state index contributed by atoms with van der Waals surface area (Å²) in [5, 5.41) is 11.8. The summed E-state index contributed by atoms with van der Waals surface area (Å²) in [7, 11) is 1.98. The van der Waals surface area contributed by atoms with Crippen molar-refractivity contribution in [3.05, 3.63) is 76.2 Å². The van der Waals surface area contributed by atoms with Gasteiger partial charge < -0.3 is 4.57 Å². The predicted octanol–water partition coefficient (Wildman–Crippen LogP) is 5.95. The van der Waals surface area contributed by atoms with Gasteiger partial charge >= 0.3 is 0 Å². The second-order valence-electron chi connectivity index (χ2n) is 6.23. The van der Waals surface area contributed by atoms with E-state index in [1.165, 1.54) is 22.1 Å². The predicted molar refractivity (Wildman–Crippen MR) is 110 cm³/mol. The lowest BCUT2D eigenvalue weighted by atomic mass is 10.0. The van der Waals surface area contributed by atoms with Crippen LogP contribution in [0.3, 0.4) is 0 Å². The number of halogens is 1. The van der Waals surface area contributed by atoms with Gasteiger partial charge in [0.15, 0.2) is 11.0 Å². The van der Waals surface area contributed by atoms with Gasteiger partial charge in [0.2, 0.25) is 0 Å². The molecular formula is C21H18FN3S2. The Balaban J connectivity index is 1.64. The first kappa shape index (κ1) is 17.9. The third-order valence-electron chi connectivity index (χ3n) is 4.37. The molecule has 0 N–H and O–H groups in total. The molecule has 3 nitrogen and oxygen atoms in total. The van der Waals surface area contributed by atoms with E-state index in [-0.39, 0.29) is 5.82 Å². The monoisotopic (exact) mass is 395 g/mol. The van der Waals surface area contributed by atoms with Crippen molar-refractivity contribution < 1.29 is 4.39 Å². The smallest absolute Gasteiger partial charge is 0.191 e. The molecule has 0 aliphatic heterocycles. The van der Waals surface area contributed by atoms with E-state index in [9.17, 15) is 4.39 Å².